The molecular formula is C47H50ClN9O5. The second-order valence-corrected chi connectivity index (χ2v) is 17.9. The van der Waals surface area contributed by atoms with Gasteiger partial charge in [0, 0.05) is 93.2 Å². The Bertz CT molecular complexity index is 2450. The fourth-order valence-corrected chi connectivity index (χ4v) is 9.99. The van der Waals surface area contributed by atoms with Gasteiger partial charge in [0.1, 0.15) is 18.4 Å². The minimum atomic E-state index is -0.974. The smallest absolute Gasteiger partial charge is 0.262 e. The average molecular weight is 856 g/mol. The van der Waals surface area contributed by atoms with Crippen molar-refractivity contribution in [1.29, 1.82) is 5.26 Å². The van der Waals surface area contributed by atoms with E-state index in [1.54, 1.807) is 24.4 Å². The number of ether oxygens (including phenoxy) is 1. The molecular weight excluding hydrogens is 806 g/mol. The molecule has 5 aliphatic rings. The van der Waals surface area contributed by atoms with Gasteiger partial charge >= 0.3 is 0 Å². The van der Waals surface area contributed by atoms with Crippen LogP contribution >= 0.6 is 11.6 Å². The number of aromatic nitrogens is 2. The van der Waals surface area contributed by atoms with Crippen LogP contribution in [0.5, 0.6) is 5.75 Å². The summed E-state index contributed by atoms with van der Waals surface area (Å²) in [6, 6.07) is 22.9. The highest BCUT2D eigenvalue weighted by atomic mass is 35.5. The third kappa shape index (κ3) is 8.24. The van der Waals surface area contributed by atoms with Crippen LogP contribution in [0.1, 0.15) is 89.1 Å². The summed E-state index contributed by atoms with van der Waals surface area (Å²) in [6.45, 7) is 11.9. The van der Waals surface area contributed by atoms with Crippen molar-refractivity contribution in [1.82, 2.24) is 30.0 Å². The minimum Gasteiger partial charge on any atom is -0.487 e. The average Bonchev–Trinajstić information content (AvgIpc) is 3.88. The highest BCUT2D eigenvalue weighted by molar-refractivity contribution is 6.30. The molecule has 0 aliphatic carbocycles. The Morgan fingerprint density at radius 1 is 0.806 bits per heavy atom. The molecule has 6 heterocycles. The van der Waals surface area contributed by atoms with Crippen LogP contribution in [0.3, 0.4) is 0 Å². The number of carbonyl (C=O) groups excluding carboxylic acids is 4. The van der Waals surface area contributed by atoms with Crippen molar-refractivity contribution in [3.63, 3.8) is 0 Å². The zero-order chi connectivity index (χ0) is 43.1. The summed E-state index contributed by atoms with van der Waals surface area (Å²) in [7, 11) is 0. The number of carbonyl (C=O) groups is 4. The molecule has 1 N–H and O–H groups in total. The second-order valence-electron chi connectivity index (χ2n) is 17.5. The Labute approximate surface area is 366 Å². The van der Waals surface area contributed by atoms with Crippen LogP contribution in [-0.4, -0.2) is 119 Å². The van der Waals surface area contributed by atoms with Gasteiger partial charge in [0.05, 0.1) is 28.5 Å². The van der Waals surface area contributed by atoms with Crippen molar-refractivity contribution in [2.45, 2.75) is 76.1 Å². The normalized spacial score (nSPS) is 22.5. The molecule has 320 valence electrons. The highest BCUT2D eigenvalue weighted by Gasteiger charge is 2.45. The number of anilines is 2. The molecule has 4 fully saturated rings. The fraction of sp³-hybridized carbons (Fsp3) is 0.426. The summed E-state index contributed by atoms with van der Waals surface area (Å²) in [5.41, 5.74) is 4.58. The lowest BCUT2D eigenvalue weighted by molar-refractivity contribution is -0.136. The largest absolute Gasteiger partial charge is 0.487 e. The van der Waals surface area contributed by atoms with E-state index in [9.17, 15) is 24.4 Å². The number of halogens is 1. The van der Waals surface area contributed by atoms with Crippen LogP contribution in [0.2, 0.25) is 5.02 Å². The molecule has 14 nitrogen and oxygen atoms in total. The van der Waals surface area contributed by atoms with Crippen LogP contribution < -0.4 is 19.9 Å². The van der Waals surface area contributed by atoms with E-state index in [1.165, 1.54) is 0 Å². The van der Waals surface area contributed by atoms with Crippen LogP contribution in [0.15, 0.2) is 72.9 Å². The summed E-state index contributed by atoms with van der Waals surface area (Å²) in [5, 5.41) is 12.2. The molecule has 1 aromatic heterocycles. The Morgan fingerprint density at radius 3 is 2.35 bits per heavy atom. The number of hydrogen-bond donors (Lipinski definition) is 1. The van der Waals surface area contributed by atoms with E-state index < -0.39 is 23.8 Å². The lowest BCUT2D eigenvalue weighted by Crippen LogP contribution is -2.54. The van der Waals surface area contributed by atoms with E-state index in [1.807, 2.05) is 48.5 Å². The molecule has 9 rings (SSSR count). The number of benzene rings is 3. The van der Waals surface area contributed by atoms with Gasteiger partial charge in [0.25, 0.3) is 11.8 Å². The summed E-state index contributed by atoms with van der Waals surface area (Å²) in [4.78, 5) is 71.3. The molecule has 0 bridgehead atoms. The zero-order valence-corrected chi connectivity index (χ0v) is 35.8. The second kappa shape index (κ2) is 17.1. The predicted molar refractivity (Wildman–Crippen MR) is 233 cm³/mol. The Kier molecular flexibility index (Phi) is 11.4. The van der Waals surface area contributed by atoms with Crippen LogP contribution in [0.4, 0.5) is 11.6 Å². The first kappa shape index (κ1) is 41.5. The number of amides is 4. The van der Waals surface area contributed by atoms with E-state index in [0.29, 0.717) is 40.4 Å². The van der Waals surface area contributed by atoms with Crippen molar-refractivity contribution in [2.24, 2.45) is 0 Å². The Balaban J connectivity index is 0.755. The number of piperazine rings is 1. The summed E-state index contributed by atoms with van der Waals surface area (Å²) < 4.78 is 6.16. The molecule has 3 atom stereocenters. The first-order valence-corrected chi connectivity index (χ1v) is 21.9. The minimum absolute atomic E-state index is 0.0942. The molecule has 0 radical (unpaired) electrons. The number of hydrogen-bond acceptors (Lipinski definition) is 12. The lowest BCUT2D eigenvalue weighted by Gasteiger charge is -2.40. The Morgan fingerprint density at radius 2 is 1.58 bits per heavy atom. The van der Waals surface area contributed by atoms with E-state index in [-0.39, 0.29) is 24.2 Å². The third-order valence-electron chi connectivity index (χ3n) is 13.4. The topological polar surface area (TPSA) is 155 Å². The van der Waals surface area contributed by atoms with Crippen LogP contribution in [0.25, 0.3) is 0 Å². The van der Waals surface area contributed by atoms with Gasteiger partial charge in [0.2, 0.25) is 17.8 Å². The van der Waals surface area contributed by atoms with Gasteiger partial charge in [-0.3, -0.25) is 39.2 Å². The zero-order valence-electron chi connectivity index (χ0n) is 35.1. The predicted octanol–water partition coefficient (Wildman–Crippen LogP) is 5.17. The monoisotopic (exact) mass is 855 g/mol. The number of rotatable bonds is 10. The highest BCUT2D eigenvalue weighted by Crippen LogP contribution is 2.36. The number of likely N-dealkylation sites (tertiary alicyclic amines) is 1. The van der Waals surface area contributed by atoms with Crippen LogP contribution in [-0.2, 0) is 21.6 Å². The number of nitrogens with zero attached hydrogens (tertiary/aromatic N) is 8. The maximum atomic E-state index is 13.5. The van der Waals surface area contributed by atoms with Gasteiger partial charge < -0.3 is 14.5 Å². The van der Waals surface area contributed by atoms with E-state index in [2.05, 4.69) is 49.8 Å². The molecule has 4 amide bonds. The SMILES string of the molecule is CC(C)(c1ccc(OCc2ccnc(N3CCN(C4CCN(C5CCCN(c6ccc7c(c6)C(=O)N(C6CCC(=O)NC6=O)C7=O)C5)C4)CC3)n2)cc1)c1cc(Cl)cc(C#N)c1. The standard InChI is InChI=1S/C47H50ClN9O5/c1-47(2,32-22-30(26-49)23-33(48)24-32)31-5-8-38(9-6-31)62-29-34-13-15-50-46(51-34)54-20-18-53(19-21-54)37-14-17-56(28-37)36-4-3-16-55(27-36)35-7-10-39-40(25-35)45(61)57(44(39)60)41-11-12-42(58)52-43(41)59/h5-10,13,15,22-25,36-37,41H,3-4,11-12,14,16-21,27-29H2,1-2H3,(H,52,58,59). The fourth-order valence-electron chi connectivity index (χ4n) is 9.75. The van der Waals surface area contributed by atoms with Crippen molar-refractivity contribution in [2.75, 3.05) is 62.2 Å². The molecule has 3 unspecified atom stereocenters. The van der Waals surface area contributed by atoms with Crippen molar-refractivity contribution >= 4 is 46.9 Å². The summed E-state index contributed by atoms with van der Waals surface area (Å²) in [5.74, 6) is -0.482. The summed E-state index contributed by atoms with van der Waals surface area (Å²) in [6.07, 6.45) is 5.29. The number of piperidine rings is 2. The maximum Gasteiger partial charge on any atom is 0.262 e. The molecule has 3 aromatic carbocycles. The quantitative estimate of drug-likeness (QED) is 0.209. The molecule has 0 spiro atoms. The number of nitrogens with one attached hydrogen (secondary N) is 1. The summed E-state index contributed by atoms with van der Waals surface area (Å²) >= 11 is 6.31. The van der Waals surface area contributed by atoms with Gasteiger partial charge in [-0.25, -0.2) is 9.97 Å². The van der Waals surface area contributed by atoms with Crippen molar-refractivity contribution in [3.8, 4) is 11.8 Å². The number of fused-ring (bicyclic) bond motifs is 1. The van der Waals surface area contributed by atoms with Gasteiger partial charge in [-0.15, -0.1) is 0 Å². The van der Waals surface area contributed by atoms with E-state index >= 15 is 0 Å². The van der Waals surface area contributed by atoms with Crippen molar-refractivity contribution in [3.05, 3.63) is 111 Å². The van der Waals surface area contributed by atoms with E-state index in [4.69, 9.17) is 21.3 Å². The van der Waals surface area contributed by atoms with E-state index in [0.717, 1.165) is 111 Å². The molecule has 4 aromatic rings. The van der Waals surface area contributed by atoms with Crippen molar-refractivity contribution < 1.29 is 23.9 Å². The maximum absolute atomic E-state index is 13.5. The molecule has 5 aliphatic heterocycles. The first-order chi connectivity index (χ1) is 29.9. The Hall–Kier alpha value is -5.88. The number of imide groups is 2. The molecule has 4 saturated heterocycles. The van der Waals surface area contributed by atoms with Gasteiger partial charge in [-0.2, -0.15) is 5.26 Å². The number of nitriles is 1. The lowest BCUT2D eigenvalue weighted by atomic mass is 9.78. The van der Waals surface area contributed by atoms with Gasteiger partial charge in [0.15, 0.2) is 0 Å². The van der Waals surface area contributed by atoms with Gasteiger partial charge in [-0.05, 0) is 91.4 Å². The van der Waals surface area contributed by atoms with Crippen LogP contribution in [0, 0.1) is 11.3 Å². The first-order valence-electron chi connectivity index (χ1n) is 21.6. The molecule has 0 saturated carbocycles. The third-order valence-corrected chi connectivity index (χ3v) is 13.6. The molecule has 62 heavy (non-hydrogen) atoms. The van der Waals surface area contributed by atoms with Gasteiger partial charge in [-0.1, -0.05) is 37.6 Å². The molecule has 15 heteroatoms.